The first kappa shape index (κ1) is 10.3. The van der Waals surface area contributed by atoms with Gasteiger partial charge in [0, 0.05) is 12.3 Å². The van der Waals surface area contributed by atoms with Gasteiger partial charge in [-0.3, -0.25) is 4.79 Å². The van der Waals surface area contributed by atoms with Crippen LogP contribution in [-0.4, -0.2) is 16.0 Å². The standard InChI is InChI=1S/C10H8FN3O2/c11-9-2-1-7(5-12-9)10(15)13-6-8-3-4-16-14-8/h1-5H,6H2,(H,13,15). The first-order valence-corrected chi connectivity index (χ1v) is 4.55. The summed E-state index contributed by atoms with van der Waals surface area (Å²) >= 11 is 0. The predicted octanol–water partition coefficient (Wildman–Crippen LogP) is 1.14. The Morgan fingerprint density at radius 2 is 2.31 bits per heavy atom. The van der Waals surface area contributed by atoms with Crippen molar-refractivity contribution in [1.82, 2.24) is 15.5 Å². The Balaban J connectivity index is 1.95. The van der Waals surface area contributed by atoms with E-state index in [1.54, 1.807) is 6.07 Å². The zero-order chi connectivity index (χ0) is 11.4. The predicted molar refractivity (Wildman–Crippen MR) is 51.9 cm³/mol. The van der Waals surface area contributed by atoms with Gasteiger partial charge in [0.15, 0.2) is 0 Å². The number of halogens is 1. The van der Waals surface area contributed by atoms with Crippen molar-refractivity contribution >= 4 is 5.91 Å². The molecule has 1 N–H and O–H groups in total. The van der Waals surface area contributed by atoms with Crippen LogP contribution in [0.5, 0.6) is 0 Å². The number of hydrogen-bond donors (Lipinski definition) is 1. The Hall–Kier alpha value is -2.24. The van der Waals surface area contributed by atoms with Gasteiger partial charge in [0.2, 0.25) is 5.95 Å². The molecule has 0 atom stereocenters. The van der Waals surface area contributed by atoms with Crippen molar-refractivity contribution in [1.29, 1.82) is 0 Å². The first-order chi connectivity index (χ1) is 7.75. The molecule has 0 saturated carbocycles. The van der Waals surface area contributed by atoms with E-state index in [9.17, 15) is 9.18 Å². The molecule has 5 nitrogen and oxygen atoms in total. The molecule has 6 heteroatoms. The number of aromatic nitrogens is 2. The van der Waals surface area contributed by atoms with Crippen LogP contribution in [0.4, 0.5) is 4.39 Å². The minimum absolute atomic E-state index is 0.257. The molecule has 2 aromatic rings. The van der Waals surface area contributed by atoms with E-state index in [-0.39, 0.29) is 12.5 Å². The summed E-state index contributed by atoms with van der Waals surface area (Å²) < 4.78 is 17.1. The number of pyridine rings is 1. The van der Waals surface area contributed by atoms with Crippen LogP contribution >= 0.6 is 0 Å². The van der Waals surface area contributed by atoms with Crippen molar-refractivity contribution in [2.24, 2.45) is 0 Å². The van der Waals surface area contributed by atoms with Gasteiger partial charge in [0.1, 0.15) is 12.0 Å². The van der Waals surface area contributed by atoms with Crippen molar-refractivity contribution in [2.45, 2.75) is 6.54 Å². The summed E-state index contributed by atoms with van der Waals surface area (Å²) in [7, 11) is 0. The Bertz CT molecular complexity index is 467. The molecule has 1 amide bonds. The molecule has 2 heterocycles. The number of rotatable bonds is 3. The fraction of sp³-hybridized carbons (Fsp3) is 0.100. The van der Waals surface area contributed by atoms with Crippen molar-refractivity contribution in [3.05, 3.63) is 47.9 Å². The van der Waals surface area contributed by atoms with Crippen LogP contribution in [0.3, 0.4) is 0 Å². The molecule has 0 aromatic carbocycles. The fourth-order valence-corrected chi connectivity index (χ4v) is 1.11. The molecule has 0 saturated heterocycles. The van der Waals surface area contributed by atoms with Gasteiger partial charge in [-0.1, -0.05) is 5.16 Å². The Morgan fingerprint density at radius 1 is 1.44 bits per heavy atom. The molecule has 0 fully saturated rings. The van der Waals surface area contributed by atoms with E-state index in [0.29, 0.717) is 11.3 Å². The lowest BCUT2D eigenvalue weighted by Gasteiger charge is -2.01. The summed E-state index contributed by atoms with van der Waals surface area (Å²) in [6.07, 6.45) is 2.59. The highest BCUT2D eigenvalue weighted by molar-refractivity contribution is 5.93. The Morgan fingerprint density at radius 3 is 2.94 bits per heavy atom. The number of nitrogens with one attached hydrogen (secondary N) is 1. The molecule has 82 valence electrons. The van der Waals surface area contributed by atoms with Gasteiger partial charge >= 0.3 is 0 Å². The average molecular weight is 221 g/mol. The molecule has 0 radical (unpaired) electrons. The minimum atomic E-state index is -0.618. The first-order valence-electron chi connectivity index (χ1n) is 4.55. The summed E-state index contributed by atoms with van der Waals surface area (Å²) in [5, 5.41) is 6.23. The van der Waals surface area contributed by atoms with Crippen LogP contribution in [0.2, 0.25) is 0 Å². The maximum absolute atomic E-state index is 12.5. The van der Waals surface area contributed by atoms with E-state index in [1.807, 2.05) is 0 Å². The fourth-order valence-electron chi connectivity index (χ4n) is 1.11. The minimum Gasteiger partial charge on any atom is -0.364 e. The zero-order valence-electron chi connectivity index (χ0n) is 8.18. The topological polar surface area (TPSA) is 68.0 Å². The van der Waals surface area contributed by atoms with Crippen molar-refractivity contribution in [3.63, 3.8) is 0 Å². The van der Waals surface area contributed by atoms with Crippen LogP contribution in [-0.2, 0) is 6.54 Å². The van der Waals surface area contributed by atoms with Crippen molar-refractivity contribution in [3.8, 4) is 0 Å². The molecule has 2 aromatic heterocycles. The second kappa shape index (κ2) is 4.52. The zero-order valence-corrected chi connectivity index (χ0v) is 8.18. The molecule has 0 bridgehead atoms. The quantitative estimate of drug-likeness (QED) is 0.789. The highest BCUT2D eigenvalue weighted by Gasteiger charge is 2.06. The normalized spacial score (nSPS) is 10.1. The van der Waals surface area contributed by atoms with Crippen molar-refractivity contribution < 1.29 is 13.7 Å². The lowest BCUT2D eigenvalue weighted by Crippen LogP contribution is -2.23. The summed E-state index contributed by atoms with van der Waals surface area (Å²) in [6.45, 7) is 0.257. The Kier molecular flexibility index (Phi) is 2.90. The molecule has 0 aliphatic rings. The number of carbonyl (C=O) groups excluding carboxylic acids is 1. The molecule has 0 unspecified atom stereocenters. The number of nitrogens with zero attached hydrogens (tertiary/aromatic N) is 2. The third-order valence-electron chi connectivity index (χ3n) is 1.91. The average Bonchev–Trinajstić information content (AvgIpc) is 2.80. The lowest BCUT2D eigenvalue weighted by atomic mass is 10.2. The van der Waals surface area contributed by atoms with Gasteiger partial charge in [-0.2, -0.15) is 4.39 Å². The maximum atomic E-state index is 12.5. The highest BCUT2D eigenvalue weighted by Crippen LogP contribution is 2.00. The molecule has 0 aliphatic carbocycles. The van der Waals surface area contributed by atoms with Gasteiger partial charge in [-0.05, 0) is 12.1 Å². The van der Waals surface area contributed by atoms with E-state index >= 15 is 0 Å². The molecule has 2 rings (SSSR count). The molecular formula is C10H8FN3O2. The smallest absolute Gasteiger partial charge is 0.253 e. The van der Waals surface area contributed by atoms with E-state index < -0.39 is 5.95 Å². The molecule has 16 heavy (non-hydrogen) atoms. The summed E-state index contributed by atoms with van der Waals surface area (Å²) in [6, 6.07) is 4.13. The van der Waals surface area contributed by atoms with E-state index in [2.05, 4.69) is 20.0 Å². The monoisotopic (exact) mass is 221 g/mol. The number of hydrogen-bond acceptors (Lipinski definition) is 4. The molecule has 0 spiro atoms. The third-order valence-corrected chi connectivity index (χ3v) is 1.91. The number of carbonyl (C=O) groups is 1. The van der Waals surface area contributed by atoms with Gasteiger partial charge in [-0.25, -0.2) is 4.98 Å². The van der Waals surface area contributed by atoms with E-state index in [4.69, 9.17) is 0 Å². The largest absolute Gasteiger partial charge is 0.364 e. The lowest BCUT2D eigenvalue weighted by molar-refractivity contribution is 0.0949. The van der Waals surface area contributed by atoms with Gasteiger partial charge in [-0.15, -0.1) is 0 Å². The van der Waals surface area contributed by atoms with Crippen molar-refractivity contribution in [2.75, 3.05) is 0 Å². The third kappa shape index (κ3) is 2.41. The SMILES string of the molecule is O=C(NCc1ccon1)c1ccc(F)nc1. The van der Waals surface area contributed by atoms with Crippen LogP contribution in [0.15, 0.2) is 35.2 Å². The second-order valence-electron chi connectivity index (χ2n) is 3.04. The highest BCUT2D eigenvalue weighted by atomic mass is 19.1. The van der Waals surface area contributed by atoms with Crippen LogP contribution in [0.1, 0.15) is 16.1 Å². The van der Waals surface area contributed by atoms with Gasteiger partial charge in [0.25, 0.3) is 5.91 Å². The molecule has 0 aliphatic heterocycles. The summed E-state index contributed by atoms with van der Waals surface area (Å²) in [4.78, 5) is 14.9. The van der Waals surface area contributed by atoms with Gasteiger partial charge in [0.05, 0.1) is 12.1 Å². The van der Waals surface area contributed by atoms with Crippen LogP contribution in [0.25, 0.3) is 0 Å². The number of amides is 1. The van der Waals surface area contributed by atoms with Crippen LogP contribution < -0.4 is 5.32 Å². The summed E-state index contributed by atoms with van der Waals surface area (Å²) in [5.41, 5.74) is 0.910. The Labute approximate surface area is 90.3 Å². The summed E-state index contributed by atoms with van der Waals surface area (Å²) in [5.74, 6) is -0.955. The van der Waals surface area contributed by atoms with Gasteiger partial charge < -0.3 is 9.84 Å². The maximum Gasteiger partial charge on any atom is 0.253 e. The van der Waals surface area contributed by atoms with E-state index in [1.165, 1.54) is 18.5 Å². The second-order valence-corrected chi connectivity index (χ2v) is 3.04. The van der Waals surface area contributed by atoms with E-state index in [0.717, 1.165) is 6.07 Å². The van der Waals surface area contributed by atoms with Crippen LogP contribution in [0, 0.1) is 5.95 Å². The molecular weight excluding hydrogens is 213 g/mol.